The van der Waals surface area contributed by atoms with Gasteiger partial charge < -0.3 is 5.73 Å². The molecule has 0 aliphatic carbocycles. The highest BCUT2D eigenvalue weighted by Gasteiger charge is 2.37. The van der Waals surface area contributed by atoms with E-state index in [4.69, 9.17) is 5.73 Å². The summed E-state index contributed by atoms with van der Waals surface area (Å²) in [6.07, 6.45) is 3.58. The molecule has 62 valence electrons. The van der Waals surface area contributed by atoms with Crippen LogP contribution >= 0.6 is 0 Å². The van der Waals surface area contributed by atoms with Crippen LogP contribution in [0.5, 0.6) is 0 Å². The van der Waals surface area contributed by atoms with Crippen LogP contribution in [-0.4, -0.2) is 29.9 Å². The lowest BCUT2D eigenvalue weighted by molar-refractivity contribution is -0.121. The predicted octanol–water partition coefficient (Wildman–Crippen LogP) is -0.0440. The number of carbonyl (C=O) groups excluding carboxylic acids is 1. The summed E-state index contributed by atoms with van der Waals surface area (Å²) in [5.41, 5.74) is 5.24. The van der Waals surface area contributed by atoms with Gasteiger partial charge in [0.25, 0.3) is 0 Å². The topological polar surface area (TPSA) is 46.3 Å². The second kappa shape index (κ2) is 2.48. The van der Waals surface area contributed by atoms with Crippen molar-refractivity contribution in [2.24, 2.45) is 11.7 Å². The fourth-order valence-electron chi connectivity index (χ4n) is 2.29. The van der Waals surface area contributed by atoms with Gasteiger partial charge in [0.15, 0.2) is 0 Å². The third-order valence-electron chi connectivity index (χ3n) is 2.91. The summed E-state index contributed by atoms with van der Waals surface area (Å²) in [5.74, 6) is 0.0275. The molecule has 1 amide bonds. The van der Waals surface area contributed by atoms with Gasteiger partial charge in [-0.05, 0) is 25.8 Å². The van der Waals surface area contributed by atoms with Gasteiger partial charge >= 0.3 is 0 Å². The van der Waals surface area contributed by atoms with Gasteiger partial charge in [-0.15, -0.1) is 0 Å². The molecule has 11 heavy (non-hydrogen) atoms. The van der Waals surface area contributed by atoms with E-state index in [9.17, 15) is 4.79 Å². The van der Waals surface area contributed by atoms with E-state index in [1.807, 2.05) is 0 Å². The standard InChI is InChI=1S/C8H14N2O/c9-8(11)6-4-7-2-1-3-10(7)5-6/h6-7H,1-5H2,(H2,9,11). The van der Waals surface area contributed by atoms with Crippen LogP contribution < -0.4 is 5.73 Å². The number of hydrogen-bond acceptors (Lipinski definition) is 2. The van der Waals surface area contributed by atoms with Crippen molar-refractivity contribution < 1.29 is 4.79 Å². The number of fused-ring (bicyclic) bond motifs is 1. The number of nitrogens with zero attached hydrogens (tertiary/aromatic N) is 1. The van der Waals surface area contributed by atoms with Crippen LogP contribution in [0.2, 0.25) is 0 Å². The largest absolute Gasteiger partial charge is 0.369 e. The zero-order chi connectivity index (χ0) is 7.84. The van der Waals surface area contributed by atoms with E-state index in [2.05, 4.69) is 4.90 Å². The Balaban J connectivity index is 1.99. The molecule has 2 heterocycles. The highest BCUT2D eigenvalue weighted by molar-refractivity contribution is 5.77. The first kappa shape index (κ1) is 7.10. The smallest absolute Gasteiger partial charge is 0.221 e. The van der Waals surface area contributed by atoms with Crippen molar-refractivity contribution in [3.63, 3.8) is 0 Å². The molecule has 2 aliphatic heterocycles. The van der Waals surface area contributed by atoms with Crippen molar-refractivity contribution in [2.75, 3.05) is 13.1 Å². The first-order valence-electron chi connectivity index (χ1n) is 4.31. The number of rotatable bonds is 1. The van der Waals surface area contributed by atoms with Crippen LogP contribution in [0.3, 0.4) is 0 Å². The average Bonchev–Trinajstić information content (AvgIpc) is 2.40. The number of hydrogen-bond donors (Lipinski definition) is 1. The van der Waals surface area contributed by atoms with Gasteiger partial charge in [0.05, 0.1) is 5.92 Å². The summed E-state index contributed by atoms with van der Waals surface area (Å²) in [4.78, 5) is 13.2. The Bertz CT molecular complexity index is 169. The van der Waals surface area contributed by atoms with E-state index < -0.39 is 0 Å². The molecule has 0 aromatic heterocycles. The average molecular weight is 154 g/mol. The maximum Gasteiger partial charge on any atom is 0.221 e. The molecular formula is C8H14N2O. The zero-order valence-corrected chi connectivity index (χ0v) is 6.62. The second-order valence-corrected chi connectivity index (χ2v) is 3.63. The second-order valence-electron chi connectivity index (χ2n) is 3.63. The molecule has 2 N–H and O–H groups in total. The third kappa shape index (κ3) is 1.13. The summed E-state index contributed by atoms with van der Waals surface area (Å²) in [6.45, 7) is 2.09. The zero-order valence-electron chi connectivity index (χ0n) is 6.62. The van der Waals surface area contributed by atoms with Gasteiger partial charge in [0.1, 0.15) is 0 Å². The van der Waals surface area contributed by atoms with Crippen LogP contribution in [-0.2, 0) is 4.79 Å². The van der Waals surface area contributed by atoms with Crippen molar-refractivity contribution in [1.29, 1.82) is 0 Å². The third-order valence-corrected chi connectivity index (χ3v) is 2.91. The van der Waals surface area contributed by atoms with Gasteiger partial charge in [-0.1, -0.05) is 0 Å². The summed E-state index contributed by atoms with van der Waals surface area (Å²) in [6, 6.07) is 0.674. The van der Waals surface area contributed by atoms with Crippen molar-refractivity contribution >= 4 is 5.91 Å². The van der Waals surface area contributed by atoms with Crippen molar-refractivity contribution in [1.82, 2.24) is 4.90 Å². The van der Waals surface area contributed by atoms with Gasteiger partial charge in [-0.25, -0.2) is 0 Å². The van der Waals surface area contributed by atoms with E-state index in [-0.39, 0.29) is 11.8 Å². The normalized spacial score (nSPS) is 37.5. The first-order valence-corrected chi connectivity index (χ1v) is 4.31. The SMILES string of the molecule is NC(=O)C1CC2CCCN2C1. The Morgan fingerprint density at radius 1 is 1.55 bits per heavy atom. The molecule has 2 atom stereocenters. The Hall–Kier alpha value is -0.570. The minimum atomic E-state index is -0.112. The minimum absolute atomic E-state index is 0.112. The molecule has 2 rings (SSSR count). The molecule has 0 radical (unpaired) electrons. The molecule has 2 aliphatic rings. The molecule has 2 saturated heterocycles. The minimum Gasteiger partial charge on any atom is -0.369 e. The fourth-order valence-corrected chi connectivity index (χ4v) is 2.29. The van der Waals surface area contributed by atoms with Crippen molar-refractivity contribution in [3.8, 4) is 0 Å². The van der Waals surface area contributed by atoms with Gasteiger partial charge in [-0.3, -0.25) is 9.69 Å². The number of nitrogens with two attached hydrogens (primary N) is 1. The fraction of sp³-hybridized carbons (Fsp3) is 0.875. The molecule has 3 nitrogen and oxygen atoms in total. The molecule has 2 unspecified atom stereocenters. The van der Waals surface area contributed by atoms with Gasteiger partial charge in [-0.2, -0.15) is 0 Å². The van der Waals surface area contributed by atoms with E-state index in [1.54, 1.807) is 0 Å². The molecule has 0 spiro atoms. The molecule has 0 bridgehead atoms. The molecule has 2 fully saturated rings. The maximum atomic E-state index is 10.8. The van der Waals surface area contributed by atoms with E-state index in [1.165, 1.54) is 19.4 Å². The molecular weight excluding hydrogens is 140 g/mol. The Kier molecular flexibility index (Phi) is 1.60. The first-order chi connectivity index (χ1) is 5.27. The molecule has 0 aromatic carbocycles. The van der Waals surface area contributed by atoms with Crippen LogP contribution in [0.15, 0.2) is 0 Å². The lowest BCUT2D eigenvalue weighted by Crippen LogP contribution is -2.27. The Morgan fingerprint density at radius 2 is 2.36 bits per heavy atom. The Morgan fingerprint density at radius 3 is 3.00 bits per heavy atom. The maximum absolute atomic E-state index is 10.8. The summed E-state index contributed by atoms with van der Waals surface area (Å²) in [5, 5.41) is 0. The van der Waals surface area contributed by atoms with Gasteiger partial charge in [0, 0.05) is 12.6 Å². The Labute approximate surface area is 66.5 Å². The lowest BCUT2D eigenvalue weighted by atomic mass is 10.0. The molecule has 0 aromatic rings. The van der Waals surface area contributed by atoms with Crippen molar-refractivity contribution in [3.05, 3.63) is 0 Å². The summed E-state index contributed by atoms with van der Waals surface area (Å²) < 4.78 is 0. The van der Waals surface area contributed by atoms with Crippen LogP contribution in [0, 0.1) is 5.92 Å². The quantitative estimate of drug-likeness (QED) is 0.576. The number of carbonyl (C=O) groups is 1. The van der Waals surface area contributed by atoms with E-state index >= 15 is 0 Å². The van der Waals surface area contributed by atoms with Gasteiger partial charge in [0.2, 0.25) is 5.91 Å². The summed E-state index contributed by atoms with van der Waals surface area (Å²) in [7, 11) is 0. The monoisotopic (exact) mass is 154 g/mol. The highest BCUT2D eigenvalue weighted by atomic mass is 16.1. The van der Waals surface area contributed by atoms with E-state index in [0.29, 0.717) is 6.04 Å². The molecule has 3 heteroatoms. The summed E-state index contributed by atoms with van der Waals surface area (Å²) >= 11 is 0. The molecule has 0 saturated carbocycles. The number of primary amides is 1. The van der Waals surface area contributed by atoms with Crippen LogP contribution in [0.4, 0.5) is 0 Å². The van der Waals surface area contributed by atoms with Crippen molar-refractivity contribution in [2.45, 2.75) is 25.3 Å². The van der Waals surface area contributed by atoms with Crippen LogP contribution in [0.25, 0.3) is 0 Å². The van der Waals surface area contributed by atoms with E-state index in [0.717, 1.165) is 13.0 Å². The highest BCUT2D eigenvalue weighted by Crippen LogP contribution is 2.30. The number of amides is 1. The lowest BCUT2D eigenvalue weighted by Gasteiger charge is -2.12. The van der Waals surface area contributed by atoms with Crippen LogP contribution in [0.1, 0.15) is 19.3 Å². The predicted molar refractivity (Wildman–Crippen MR) is 41.9 cm³/mol.